The van der Waals surface area contributed by atoms with Gasteiger partial charge in [0.1, 0.15) is 5.69 Å². The van der Waals surface area contributed by atoms with Crippen LogP contribution in [0.2, 0.25) is 5.02 Å². The third-order valence-electron chi connectivity index (χ3n) is 3.38. The first kappa shape index (κ1) is 12.1. The molecule has 2 aliphatic heterocycles. The van der Waals surface area contributed by atoms with Crippen LogP contribution in [0.5, 0.6) is 0 Å². The summed E-state index contributed by atoms with van der Waals surface area (Å²) < 4.78 is 1.35. The summed E-state index contributed by atoms with van der Waals surface area (Å²) in [4.78, 5) is 19.6. The molecule has 0 atom stereocenters. The predicted molar refractivity (Wildman–Crippen MR) is 81.1 cm³/mol. The molecule has 1 aromatic heterocycles. The minimum atomic E-state index is -0.184. The lowest BCUT2D eigenvalue weighted by Gasteiger charge is -2.02. The molecule has 6 heteroatoms. The fraction of sp³-hybridized carbons (Fsp3) is 0. The number of benzene rings is 1. The van der Waals surface area contributed by atoms with Crippen LogP contribution in [0.1, 0.15) is 0 Å². The maximum absolute atomic E-state index is 12.5. The van der Waals surface area contributed by atoms with Crippen LogP contribution >= 0.6 is 11.6 Å². The lowest BCUT2D eigenvalue weighted by Crippen LogP contribution is -2.14. The first-order chi connectivity index (χ1) is 10.2. The monoisotopic (exact) mass is 296 g/mol. The summed E-state index contributed by atoms with van der Waals surface area (Å²) in [6.07, 6.45) is 4.93. The number of nitrogens with zero attached hydrogens (tertiary/aromatic N) is 3. The van der Waals surface area contributed by atoms with Gasteiger partial charge in [0.05, 0.1) is 17.4 Å². The van der Waals surface area contributed by atoms with Crippen molar-refractivity contribution in [1.82, 2.24) is 19.7 Å². The van der Waals surface area contributed by atoms with E-state index in [-0.39, 0.29) is 5.56 Å². The molecule has 4 rings (SSSR count). The first-order valence-corrected chi connectivity index (χ1v) is 6.72. The van der Waals surface area contributed by atoms with Crippen molar-refractivity contribution in [3.63, 3.8) is 0 Å². The third kappa shape index (κ3) is 1.82. The maximum atomic E-state index is 12.5. The van der Waals surface area contributed by atoms with E-state index in [1.165, 1.54) is 4.68 Å². The number of nitrogens with one attached hydrogen (secondary N) is 1. The fourth-order valence-electron chi connectivity index (χ4n) is 2.39. The quantitative estimate of drug-likeness (QED) is 0.587. The number of hydrogen-bond acceptors (Lipinski definition) is 3. The van der Waals surface area contributed by atoms with Crippen LogP contribution in [-0.4, -0.2) is 19.7 Å². The van der Waals surface area contributed by atoms with Crippen molar-refractivity contribution in [2.24, 2.45) is 0 Å². The normalized spacial score (nSPS) is 11.3. The molecule has 0 aliphatic carbocycles. The Bertz CT molecular complexity index is 974. The molecular weight excluding hydrogens is 288 g/mol. The Hall–Kier alpha value is -2.66. The van der Waals surface area contributed by atoms with Gasteiger partial charge in [-0.1, -0.05) is 11.6 Å². The van der Waals surface area contributed by atoms with Gasteiger partial charge >= 0.3 is 0 Å². The molecule has 1 N–H and O–H groups in total. The van der Waals surface area contributed by atoms with E-state index >= 15 is 0 Å². The smallest absolute Gasteiger partial charge is 0.282 e. The van der Waals surface area contributed by atoms with Gasteiger partial charge in [-0.05, 0) is 30.3 Å². The van der Waals surface area contributed by atoms with E-state index < -0.39 is 0 Å². The minimum Gasteiger partial charge on any atom is -0.360 e. The molecule has 21 heavy (non-hydrogen) atoms. The summed E-state index contributed by atoms with van der Waals surface area (Å²) in [5.41, 5.74) is 2.47. The number of pyridine rings is 2. The molecule has 0 fully saturated rings. The highest BCUT2D eigenvalue weighted by Gasteiger charge is 2.19. The van der Waals surface area contributed by atoms with Crippen molar-refractivity contribution in [1.29, 1.82) is 0 Å². The molecule has 0 bridgehead atoms. The SMILES string of the molecule is O=c1c2c[nH]c3ccc(Cl)cc3c-2nn1-c1cccnc1. The van der Waals surface area contributed by atoms with Gasteiger partial charge < -0.3 is 4.98 Å². The Morgan fingerprint density at radius 3 is 2.95 bits per heavy atom. The standard InChI is InChI=1S/C15H9ClN4O/c16-9-3-4-13-11(6-9)14-12(8-18-13)15(21)20(19-14)10-2-1-5-17-7-10/h1-8,18H. The van der Waals surface area contributed by atoms with Gasteiger partial charge in [0.15, 0.2) is 0 Å². The molecule has 0 radical (unpaired) electrons. The first-order valence-electron chi connectivity index (χ1n) is 6.34. The molecule has 2 aliphatic rings. The Morgan fingerprint density at radius 1 is 1.24 bits per heavy atom. The van der Waals surface area contributed by atoms with E-state index in [4.69, 9.17) is 11.6 Å². The molecule has 3 heterocycles. The summed E-state index contributed by atoms with van der Waals surface area (Å²) >= 11 is 6.05. The number of hydrogen-bond donors (Lipinski definition) is 1. The molecule has 0 spiro atoms. The molecule has 0 unspecified atom stereocenters. The minimum absolute atomic E-state index is 0.184. The number of H-pyrrole nitrogens is 1. The van der Waals surface area contributed by atoms with Crippen LogP contribution < -0.4 is 5.56 Å². The summed E-state index contributed by atoms with van der Waals surface area (Å²) in [5, 5.41) is 5.86. The zero-order valence-corrected chi connectivity index (χ0v) is 11.5. The summed E-state index contributed by atoms with van der Waals surface area (Å²) in [6, 6.07) is 9.02. The molecule has 0 amide bonds. The molecule has 102 valence electrons. The van der Waals surface area contributed by atoms with Gasteiger partial charge in [0.25, 0.3) is 5.56 Å². The number of aromatic amines is 1. The second kappa shape index (κ2) is 4.43. The number of fused-ring (bicyclic) bond motifs is 3. The number of halogens is 1. The second-order valence-corrected chi connectivity index (χ2v) is 5.11. The van der Waals surface area contributed by atoms with E-state index in [1.54, 1.807) is 42.9 Å². The molecule has 5 nitrogen and oxygen atoms in total. The Balaban J connectivity index is 2.10. The van der Waals surface area contributed by atoms with Gasteiger partial charge in [-0.15, -0.1) is 0 Å². The van der Waals surface area contributed by atoms with Gasteiger partial charge in [0.2, 0.25) is 0 Å². The van der Waals surface area contributed by atoms with E-state index in [9.17, 15) is 4.79 Å². The van der Waals surface area contributed by atoms with Crippen molar-refractivity contribution in [2.45, 2.75) is 0 Å². The van der Waals surface area contributed by atoms with E-state index in [0.717, 1.165) is 10.9 Å². The highest BCUT2D eigenvalue weighted by Crippen LogP contribution is 2.28. The van der Waals surface area contributed by atoms with Gasteiger partial charge in [-0.2, -0.15) is 9.78 Å². The van der Waals surface area contributed by atoms with Crippen LogP contribution in [0.25, 0.3) is 27.8 Å². The second-order valence-electron chi connectivity index (χ2n) is 4.67. The third-order valence-corrected chi connectivity index (χ3v) is 3.61. The summed E-state index contributed by atoms with van der Waals surface area (Å²) in [7, 11) is 0. The Morgan fingerprint density at radius 2 is 2.14 bits per heavy atom. The predicted octanol–water partition coefficient (Wildman–Crippen LogP) is 2.87. The largest absolute Gasteiger partial charge is 0.360 e. The molecular formula is C15H9ClN4O. The van der Waals surface area contributed by atoms with Crippen LogP contribution in [0.4, 0.5) is 0 Å². The highest BCUT2D eigenvalue weighted by atomic mass is 35.5. The highest BCUT2D eigenvalue weighted by molar-refractivity contribution is 6.31. The van der Waals surface area contributed by atoms with Crippen molar-refractivity contribution < 1.29 is 0 Å². The number of aromatic nitrogens is 4. The van der Waals surface area contributed by atoms with Crippen LogP contribution in [0.15, 0.2) is 53.7 Å². The van der Waals surface area contributed by atoms with Gasteiger partial charge in [0, 0.05) is 28.3 Å². The average molecular weight is 297 g/mol. The Labute approximate surface area is 124 Å². The zero-order chi connectivity index (χ0) is 14.4. The van der Waals surface area contributed by atoms with Gasteiger partial charge in [-0.3, -0.25) is 9.78 Å². The maximum Gasteiger partial charge on any atom is 0.282 e. The topological polar surface area (TPSA) is 63.6 Å². The number of rotatable bonds is 1. The summed E-state index contributed by atoms with van der Waals surface area (Å²) in [5.74, 6) is 0. The molecule has 0 saturated heterocycles. The molecule has 0 saturated carbocycles. The van der Waals surface area contributed by atoms with E-state index in [1.807, 2.05) is 6.07 Å². The van der Waals surface area contributed by atoms with Crippen molar-refractivity contribution >= 4 is 22.5 Å². The molecule has 1 aromatic carbocycles. The van der Waals surface area contributed by atoms with Crippen molar-refractivity contribution in [2.75, 3.05) is 0 Å². The van der Waals surface area contributed by atoms with Crippen molar-refractivity contribution in [3.05, 3.63) is 64.3 Å². The van der Waals surface area contributed by atoms with Crippen LogP contribution in [0, 0.1) is 0 Å². The van der Waals surface area contributed by atoms with Crippen LogP contribution in [-0.2, 0) is 0 Å². The molecule has 2 aromatic rings. The lowest BCUT2D eigenvalue weighted by atomic mass is 10.1. The average Bonchev–Trinajstić information content (AvgIpc) is 2.86. The fourth-order valence-corrected chi connectivity index (χ4v) is 2.56. The van der Waals surface area contributed by atoms with E-state index in [2.05, 4.69) is 15.1 Å². The van der Waals surface area contributed by atoms with Gasteiger partial charge in [-0.25, -0.2) is 0 Å². The van der Waals surface area contributed by atoms with Crippen LogP contribution in [0.3, 0.4) is 0 Å². The van der Waals surface area contributed by atoms with Crippen molar-refractivity contribution in [3.8, 4) is 16.9 Å². The Kier molecular flexibility index (Phi) is 2.55. The zero-order valence-electron chi connectivity index (χ0n) is 10.7. The summed E-state index contributed by atoms with van der Waals surface area (Å²) in [6.45, 7) is 0. The lowest BCUT2D eigenvalue weighted by molar-refractivity contribution is 0.853. The van der Waals surface area contributed by atoms with E-state index in [0.29, 0.717) is 22.0 Å².